The Balaban J connectivity index is 1.25. The minimum atomic E-state index is -1.35. The fraction of sp³-hybridized carbons (Fsp3) is 0.423. The molecule has 1 saturated heterocycles. The number of hydrogen-bond donors (Lipinski definition) is 2. The van der Waals surface area contributed by atoms with Gasteiger partial charge in [-0.05, 0) is 55.7 Å². The van der Waals surface area contributed by atoms with E-state index < -0.39 is 11.7 Å². The fourth-order valence-corrected chi connectivity index (χ4v) is 4.38. The van der Waals surface area contributed by atoms with Crippen molar-refractivity contribution in [3.05, 3.63) is 77.3 Å². The third-order valence-electron chi connectivity index (χ3n) is 6.19. The number of rotatable bonds is 10. The lowest BCUT2D eigenvalue weighted by Gasteiger charge is -2.42. The van der Waals surface area contributed by atoms with Gasteiger partial charge in [0.2, 0.25) is 0 Å². The van der Waals surface area contributed by atoms with Crippen molar-refractivity contribution in [2.45, 2.75) is 44.6 Å². The molecular weight excluding hydrogens is 454 g/mol. The van der Waals surface area contributed by atoms with Gasteiger partial charge in [0.25, 0.3) is 0 Å². The molecule has 0 radical (unpaired) electrons. The number of aliphatic hydroxyl groups is 2. The van der Waals surface area contributed by atoms with Gasteiger partial charge in [0.15, 0.2) is 0 Å². The highest BCUT2D eigenvalue weighted by atomic mass is 35.5. The predicted molar refractivity (Wildman–Crippen MR) is 131 cm³/mol. The number of halogens is 1. The summed E-state index contributed by atoms with van der Waals surface area (Å²) in [6.45, 7) is 5.21. The zero-order chi connectivity index (χ0) is 24.0. The number of aliphatic hydroxyl groups excluding tert-OH is 1. The molecule has 0 spiro atoms. The number of hydrogen-bond acceptors (Lipinski definition) is 6. The average molecular weight is 486 g/mol. The van der Waals surface area contributed by atoms with E-state index >= 15 is 0 Å². The van der Waals surface area contributed by atoms with Crippen molar-refractivity contribution in [2.75, 3.05) is 26.3 Å². The number of β-amino-alcohol motifs (C(OH)–C–C–N with tert-alkyl or cyclic N) is 1. The second-order valence-corrected chi connectivity index (χ2v) is 9.32. The molecule has 2 atom stereocenters. The van der Waals surface area contributed by atoms with E-state index in [9.17, 15) is 10.2 Å². The molecule has 2 aromatic carbocycles. The van der Waals surface area contributed by atoms with Crippen LogP contribution in [0.25, 0.3) is 0 Å². The van der Waals surface area contributed by atoms with Gasteiger partial charge in [0.1, 0.15) is 29.5 Å². The molecule has 2 heterocycles. The fourth-order valence-electron chi connectivity index (χ4n) is 4.20. The van der Waals surface area contributed by atoms with E-state index in [-0.39, 0.29) is 6.61 Å². The van der Waals surface area contributed by atoms with E-state index in [2.05, 4.69) is 14.5 Å². The molecule has 0 aliphatic carbocycles. The van der Waals surface area contributed by atoms with Crippen molar-refractivity contribution >= 4 is 11.6 Å². The molecule has 0 unspecified atom stereocenters. The molecule has 1 aromatic heterocycles. The van der Waals surface area contributed by atoms with Crippen LogP contribution in [-0.2, 0) is 13.1 Å². The molecule has 4 rings (SSSR count). The van der Waals surface area contributed by atoms with Crippen LogP contribution in [0, 0.1) is 6.92 Å². The molecule has 0 bridgehead atoms. The van der Waals surface area contributed by atoms with E-state index in [1.807, 2.05) is 43.6 Å². The van der Waals surface area contributed by atoms with Gasteiger partial charge in [-0.3, -0.25) is 4.90 Å². The average Bonchev–Trinajstić information content (AvgIpc) is 3.24. The molecule has 1 aliphatic heterocycles. The second kappa shape index (κ2) is 11.2. The van der Waals surface area contributed by atoms with Crippen LogP contribution >= 0.6 is 11.6 Å². The van der Waals surface area contributed by atoms with Gasteiger partial charge in [0.05, 0.1) is 12.7 Å². The lowest BCUT2D eigenvalue weighted by Crippen LogP contribution is -2.59. The maximum atomic E-state index is 11.1. The van der Waals surface area contributed by atoms with Crippen molar-refractivity contribution in [2.24, 2.45) is 0 Å². The first-order chi connectivity index (χ1) is 16.4. The molecule has 34 heavy (non-hydrogen) atoms. The summed E-state index contributed by atoms with van der Waals surface area (Å²) in [7, 11) is 0. The monoisotopic (exact) mass is 485 g/mol. The van der Waals surface area contributed by atoms with Crippen LogP contribution in [-0.4, -0.2) is 62.7 Å². The van der Waals surface area contributed by atoms with Gasteiger partial charge < -0.3 is 24.3 Å². The summed E-state index contributed by atoms with van der Waals surface area (Å²) in [6, 6.07) is 15.1. The quantitative estimate of drug-likeness (QED) is 0.426. The van der Waals surface area contributed by atoms with Gasteiger partial charge in [-0.2, -0.15) is 0 Å². The van der Waals surface area contributed by atoms with Crippen molar-refractivity contribution < 1.29 is 19.7 Å². The Morgan fingerprint density at radius 2 is 1.97 bits per heavy atom. The number of piperidine rings is 1. The largest absolute Gasteiger partial charge is 0.494 e. The Labute approximate surface area is 205 Å². The lowest BCUT2D eigenvalue weighted by atomic mass is 9.90. The number of nitrogens with zero attached hydrogens (tertiary/aromatic N) is 3. The van der Waals surface area contributed by atoms with Gasteiger partial charge >= 0.3 is 0 Å². The SMILES string of the molecule is Cc1nccn1CCCOc1ccc(CN2CC[C@H](O)[C@@](O)(COc3cccc(Cl)c3)C2)cc1. The molecule has 1 aliphatic rings. The van der Waals surface area contributed by atoms with Gasteiger partial charge in [-0.25, -0.2) is 4.98 Å². The zero-order valence-electron chi connectivity index (χ0n) is 19.4. The maximum absolute atomic E-state index is 11.1. The number of aryl methyl sites for hydroxylation is 2. The van der Waals surface area contributed by atoms with E-state index in [0.717, 1.165) is 30.1 Å². The summed E-state index contributed by atoms with van der Waals surface area (Å²) in [4.78, 5) is 6.36. The number of aromatic nitrogens is 2. The summed E-state index contributed by atoms with van der Waals surface area (Å²) >= 11 is 6.00. The minimum absolute atomic E-state index is 0.00359. The van der Waals surface area contributed by atoms with Crippen molar-refractivity contribution in [1.29, 1.82) is 0 Å². The molecule has 1 fully saturated rings. The van der Waals surface area contributed by atoms with Gasteiger partial charge in [0, 0.05) is 43.6 Å². The first-order valence-corrected chi connectivity index (χ1v) is 12.0. The van der Waals surface area contributed by atoms with Crippen molar-refractivity contribution in [1.82, 2.24) is 14.5 Å². The highest BCUT2D eigenvalue weighted by Gasteiger charge is 2.42. The maximum Gasteiger partial charge on any atom is 0.137 e. The standard InChI is InChI=1S/C26H32ClN3O4/c1-20-28-11-14-30(20)12-3-15-33-23-8-6-21(7-9-23)17-29-13-10-25(31)26(32,18-29)19-34-24-5-2-4-22(27)16-24/h2,4-9,11,14,16,25,31-32H,3,10,12-13,15,17-19H2,1H3/t25-,26-/m0/s1. The lowest BCUT2D eigenvalue weighted by molar-refractivity contribution is -0.140. The molecule has 0 saturated carbocycles. The van der Waals surface area contributed by atoms with Gasteiger partial charge in [-0.1, -0.05) is 29.8 Å². The normalized spacial score (nSPS) is 20.9. The second-order valence-electron chi connectivity index (χ2n) is 8.88. The third kappa shape index (κ3) is 6.51. The number of ether oxygens (including phenoxy) is 2. The molecule has 7 nitrogen and oxygen atoms in total. The van der Waals surface area contributed by atoms with Crippen LogP contribution in [0.2, 0.25) is 5.02 Å². The first-order valence-electron chi connectivity index (χ1n) is 11.6. The van der Waals surface area contributed by atoms with Crippen LogP contribution in [0.5, 0.6) is 11.5 Å². The van der Waals surface area contributed by atoms with E-state index in [1.54, 1.807) is 24.3 Å². The van der Waals surface area contributed by atoms with E-state index in [4.69, 9.17) is 21.1 Å². The summed E-state index contributed by atoms with van der Waals surface area (Å²) in [5.41, 5.74) is -0.229. The highest BCUT2D eigenvalue weighted by Crippen LogP contribution is 2.26. The van der Waals surface area contributed by atoms with E-state index in [0.29, 0.717) is 43.4 Å². The highest BCUT2D eigenvalue weighted by molar-refractivity contribution is 6.30. The van der Waals surface area contributed by atoms with Gasteiger partial charge in [-0.15, -0.1) is 0 Å². The zero-order valence-corrected chi connectivity index (χ0v) is 20.2. The molecule has 182 valence electrons. The van der Waals surface area contributed by atoms with Crippen LogP contribution in [0.15, 0.2) is 60.9 Å². The molecular formula is C26H32ClN3O4. The third-order valence-corrected chi connectivity index (χ3v) is 6.42. The minimum Gasteiger partial charge on any atom is -0.494 e. The Kier molecular flexibility index (Phi) is 8.11. The Bertz CT molecular complexity index is 1060. The topological polar surface area (TPSA) is 80.0 Å². The summed E-state index contributed by atoms with van der Waals surface area (Å²) < 4.78 is 13.7. The number of benzene rings is 2. The van der Waals surface area contributed by atoms with Crippen LogP contribution < -0.4 is 9.47 Å². The summed E-state index contributed by atoms with van der Waals surface area (Å²) in [6.07, 6.45) is 4.34. The molecule has 2 N–H and O–H groups in total. The Morgan fingerprint density at radius 3 is 2.71 bits per heavy atom. The smallest absolute Gasteiger partial charge is 0.137 e. The van der Waals surface area contributed by atoms with Crippen LogP contribution in [0.1, 0.15) is 24.2 Å². The van der Waals surface area contributed by atoms with E-state index in [1.165, 1.54) is 0 Å². The summed E-state index contributed by atoms with van der Waals surface area (Å²) in [5, 5.41) is 22.1. The van der Waals surface area contributed by atoms with Crippen LogP contribution in [0.3, 0.4) is 0 Å². The van der Waals surface area contributed by atoms with Crippen molar-refractivity contribution in [3.63, 3.8) is 0 Å². The Hall–Kier alpha value is -2.58. The molecule has 8 heteroatoms. The predicted octanol–water partition coefficient (Wildman–Crippen LogP) is 3.69. The van der Waals surface area contributed by atoms with Crippen molar-refractivity contribution in [3.8, 4) is 11.5 Å². The first kappa shape index (κ1) is 24.5. The number of likely N-dealkylation sites (tertiary alicyclic amines) is 1. The molecule has 3 aromatic rings. The number of imidazole rings is 1. The van der Waals surface area contributed by atoms with Crippen LogP contribution in [0.4, 0.5) is 0 Å². The summed E-state index contributed by atoms with van der Waals surface area (Å²) in [5.74, 6) is 2.42. The Morgan fingerprint density at radius 1 is 1.15 bits per heavy atom. The molecule has 0 amide bonds.